The molecule has 0 unspecified atom stereocenters. The van der Waals surface area contributed by atoms with E-state index in [9.17, 15) is 0 Å². The van der Waals surface area contributed by atoms with Gasteiger partial charge in [-0.2, -0.15) is 10.5 Å². The Morgan fingerprint density at radius 3 is 2.50 bits per heavy atom. The monoisotopic (exact) mass is 129 g/mol. The zero-order chi connectivity index (χ0) is 7.40. The molecule has 0 saturated heterocycles. The average molecular weight is 129 g/mol. The number of rotatable bonds is 0. The van der Waals surface area contributed by atoms with Gasteiger partial charge in [0.1, 0.15) is 0 Å². The zero-order valence-electron chi connectivity index (χ0n) is 5.33. The summed E-state index contributed by atoms with van der Waals surface area (Å²) in [6, 6.07) is 3.96. The van der Waals surface area contributed by atoms with Crippen LogP contribution in [-0.4, -0.2) is 0 Å². The molecule has 2 nitrogen and oxygen atoms in total. The Morgan fingerprint density at radius 1 is 1.20 bits per heavy atom. The van der Waals surface area contributed by atoms with Gasteiger partial charge in [-0.1, -0.05) is 6.08 Å². The van der Waals surface area contributed by atoms with Crippen LogP contribution < -0.4 is 0 Å². The summed E-state index contributed by atoms with van der Waals surface area (Å²) in [5.41, 5.74) is 1.16. The fraction of sp³-hybridized carbons (Fsp3) is 0.125. The molecule has 0 saturated carbocycles. The molecule has 0 bridgehead atoms. The molecular weight excluding hydrogens is 124 g/mol. The second-order valence-electron chi connectivity index (χ2n) is 1.92. The molecule has 0 aromatic heterocycles. The standard InChI is InChI=1S/C8H5N2/c9-5-7-2-1-3-8(4-7)6-10/h2-4H,1H2. The van der Waals surface area contributed by atoms with E-state index < -0.39 is 0 Å². The minimum Gasteiger partial charge on any atom is -0.193 e. The molecule has 0 atom stereocenters. The predicted octanol–water partition coefficient (Wildman–Crippen LogP) is 1.49. The van der Waals surface area contributed by atoms with Crippen molar-refractivity contribution < 1.29 is 0 Å². The van der Waals surface area contributed by atoms with Crippen molar-refractivity contribution in [2.75, 3.05) is 0 Å². The summed E-state index contributed by atoms with van der Waals surface area (Å²) in [7, 11) is 0. The van der Waals surface area contributed by atoms with E-state index >= 15 is 0 Å². The zero-order valence-corrected chi connectivity index (χ0v) is 5.33. The van der Waals surface area contributed by atoms with Crippen LogP contribution in [0.5, 0.6) is 0 Å². The van der Waals surface area contributed by atoms with Crippen molar-refractivity contribution in [3.05, 3.63) is 29.7 Å². The molecule has 1 aliphatic carbocycles. The van der Waals surface area contributed by atoms with Crippen molar-refractivity contribution in [2.45, 2.75) is 6.42 Å². The van der Waals surface area contributed by atoms with Gasteiger partial charge in [-0.05, 0) is 12.5 Å². The molecule has 10 heavy (non-hydrogen) atoms. The van der Waals surface area contributed by atoms with Gasteiger partial charge < -0.3 is 0 Å². The average Bonchev–Trinajstić information content (AvgIpc) is 2.05. The van der Waals surface area contributed by atoms with Gasteiger partial charge in [0.15, 0.2) is 0 Å². The van der Waals surface area contributed by atoms with E-state index in [0.717, 1.165) is 0 Å². The van der Waals surface area contributed by atoms with Crippen LogP contribution in [0.2, 0.25) is 0 Å². The highest BCUT2D eigenvalue weighted by molar-refractivity contribution is 5.46. The minimum absolute atomic E-state index is 0.582. The Morgan fingerprint density at radius 2 is 1.90 bits per heavy atom. The minimum atomic E-state index is 0.582. The molecular formula is C8H5N2. The lowest BCUT2D eigenvalue weighted by atomic mass is 10.0. The first-order valence-electron chi connectivity index (χ1n) is 2.92. The van der Waals surface area contributed by atoms with Crippen molar-refractivity contribution in [3.63, 3.8) is 0 Å². The summed E-state index contributed by atoms with van der Waals surface area (Å²) in [5.74, 6) is 0. The van der Waals surface area contributed by atoms with Crippen LogP contribution >= 0.6 is 0 Å². The van der Waals surface area contributed by atoms with Gasteiger partial charge in [0.2, 0.25) is 0 Å². The van der Waals surface area contributed by atoms with Crippen molar-refractivity contribution in [2.24, 2.45) is 0 Å². The Hall–Kier alpha value is -1.54. The van der Waals surface area contributed by atoms with Gasteiger partial charge in [-0.15, -0.1) is 0 Å². The van der Waals surface area contributed by atoms with Crippen LogP contribution in [0.4, 0.5) is 0 Å². The topological polar surface area (TPSA) is 47.6 Å². The molecule has 0 aliphatic heterocycles. The smallest absolute Gasteiger partial charge is 0.0988 e. The van der Waals surface area contributed by atoms with Crippen molar-refractivity contribution >= 4 is 0 Å². The Bertz CT molecular complexity index is 271. The maximum Gasteiger partial charge on any atom is 0.0988 e. The van der Waals surface area contributed by atoms with Crippen LogP contribution in [0.3, 0.4) is 0 Å². The second-order valence-corrected chi connectivity index (χ2v) is 1.92. The third-order valence-electron chi connectivity index (χ3n) is 1.24. The summed E-state index contributed by atoms with van der Waals surface area (Å²) >= 11 is 0. The molecule has 0 heterocycles. The Labute approximate surface area is 59.7 Å². The van der Waals surface area contributed by atoms with Crippen molar-refractivity contribution in [1.82, 2.24) is 0 Å². The second kappa shape index (κ2) is 2.85. The Kier molecular flexibility index (Phi) is 1.87. The fourth-order valence-corrected chi connectivity index (χ4v) is 0.754. The van der Waals surface area contributed by atoms with Gasteiger partial charge in [-0.3, -0.25) is 0 Å². The summed E-state index contributed by atoms with van der Waals surface area (Å²) in [5, 5.41) is 16.8. The quantitative estimate of drug-likeness (QED) is 0.497. The third kappa shape index (κ3) is 1.24. The number of nitriles is 2. The predicted molar refractivity (Wildman–Crippen MR) is 36.3 cm³/mol. The SMILES string of the molecule is N#CC1=CC(C#N)=CC[CH]1. The van der Waals surface area contributed by atoms with Crippen molar-refractivity contribution in [1.29, 1.82) is 10.5 Å². The highest BCUT2D eigenvalue weighted by atomic mass is 14.3. The molecule has 2 heteroatoms. The van der Waals surface area contributed by atoms with Gasteiger partial charge >= 0.3 is 0 Å². The van der Waals surface area contributed by atoms with Crippen LogP contribution in [0.1, 0.15) is 6.42 Å². The lowest BCUT2D eigenvalue weighted by molar-refractivity contribution is 1.20. The maximum absolute atomic E-state index is 8.42. The normalized spacial score (nSPS) is 16.2. The van der Waals surface area contributed by atoms with E-state index in [4.69, 9.17) is 10.5 Å². The first kappa shape index (κ1) is 6.58. The van der Waals surface area contributed by atoms with Gasteiger partial charge in [0, 0.05) is 17.6 Å². The number of nitrogens with zero attached hydrogens (tertiary/aromatic N) is 2. The largest absolute Gasteiger partial charge is 0.193 e. The highest BCUT2D eigenvalue weighted by Crippen LogP contribution is 2.14. The molecule has 1 rings (SSSR count). The van der Waals surface area contributed by atoms with E-state index in [0.29, 0.717) is 17.6 Å². The van der Waals surface area contributed by atoms with Crippen LogP contribution in [0.25, 0.3) is 0 Å². The van der Waals surface area contributed by atoms with E-state index in [1.54, 1.807) is 18.6 Å². The highest BCUT2D eigenvalue weighted by Gasteiger charge is 2.02. The Balaban J connectivity index is 2.86. The molecule has 0 N–H and O–H groups in total. The molecule has 0 aromatic rings. The first-order chi connectivity index (χ1) is 4.86. The van der Waals surface area contributed by atoms with Gasteiger partial charge in [0.25, 0.3) is 0 Å². The first-order valence-corrected chi connectivity index (χ1v) is 2.92. The number of hydrogen-bond acceptors (Lipinski definition) is 2. The van der Waals surface area contributed by atoms with E-state index in [1.165, 1.54) is 0 Å². The molecule has 0 spiro atoms. The third-order valence-corrected chi connectivity index (χ3v) is 1.24. The van der Waals surface area contributed by atoms with E-state index in [-0.39, 0.29) is 0 Å². The van der Waals surface area contributed by atoms with Gasteiger partial charge in [0.05, 0.1) is 12.1 Å². The molecule has 47 valence electrons. The molecule has 1 radical (unpaired) electrons. The molecule has 1 aliphatic rings. The number of allylic oxidation sites excluding steroid dienone is 4. The summed E-state index contributed by atoms with van der Waals surface area (Å²) in [6.45, 7) is 0. The van der Waals surface area contributed by atoms with Gasteiger partial charge in [-0.25, -0.2) is 0 Å². The van der Waals surface area contributed by atoms with Crippen LogP contribution in [0.15, 0.2) is 23.3 Å². The molecule has 0 aromatic carbocycles. The lowest BCUT2D eigenvalue weighted by Gasteiger charge is -2.00. The lowest BCUT2D eigenvalue weighted by Crippen LogP contribution is -1.88. The molecule has 0 amide bonds. The van der Waals surface area contributed by atoms with E-state index in [1.807, 2.05) is 12.1 Å². The van der Waals surface area contributed by atoms with Crippen LogP contribution in [0, 0.1) is 29.1 Å². The fourth-order valence-electron chi connectivity index (χ4n) is 0.754. The van der Waals surface area contributed by atoms with Crippen LogP contribution in [-0.2, 0) is 0 Å². The van der Waals surface area contributed by atoms with Crippen molar-refractivity contribution in [3.8, 4) is 12.1 Å². The summed E-state index contributed by atoms with van der Waals surface area (Å²) < 4.78 is 0. The molecule has 0 fully saturated rings. The summed E-state index contributed by atoms with van der Waals surface area (Å²) in [6.07, 6.45) is 5.87. The van der Waals surface area contributed by atoms with E-state index in [2.05, 4.69) is 0 Å². The maximum atomic E-state index is 8.42. The summed E-state index contributed by atoms with van der Waals surface area (Å²) in [4.78, 5) is 0. The number of hydrogen-bond donors (Lipinski definition) is 0.